The van der Waals surface area contributed by atoms with Crippen molar-refractivity contribution in [2.24, 2.45) is 0 Å². The molecule has 0 heterocycles. The highest BCUT2D eigenvalue weighted by Crippen LogP contribution is 2.04. The Morgan fingerprint density at radius 2 is 2.13 bits per heavy atom. The average molecular weight is 206 g/mol. The second-order valence-corrected chi connectivity index (χ2v) is 3.17. The van der Waals surface area contributed by atoms with Gasteiger partial charge in [0.1, 0.15) is 6.10 Å². The van der Waals surface area contributed by atoms with Gasteiger partial charge in [-0.25, -0.2) is 4.79 Å². The first-order chi connectivity index (χ1) is 7.24. The van der Waals surface area contributed by atoms with Crippen LogP contribution in [0.2, 0.25) is 0 Å². The van der Waals surface area contributed by atoms with Gasteiger partial charge >= 0.3 is 5.97 Å². The first-order valence-corrected chi connectivity index (χ1v) is 4.77. The minimum Gasteiger partial charge on any atom is -0.293 e. The summed E-state index contributed by atoms with van der Waals surface area (Å²) in [5, 5.41) is 0. The molecule has 0 spiro atoms. The number of hydrogen-bond donors (Lipinski definition) is 0. The molecule has 1 atom stereocenters. The molecule has 15 heavy (non-hydrogen) atoms. The van der Waals surface area contributed by atoms with Crippen molar-refractivity contribution in [1.29, 1.82) is 0 Å². The first kappa shape index (κ1) is 11.5. The maximum Gasteiger partial charge on any atom is 0.373 e. The van der Waals surface area contributed by atoms with E-state index in [9.17, 15) is 4.79 Å². The lowest BCUT2D eigenvalue weighted by atomic mass is 10.2. The van der Waals surface area contributed by atoms with E-state index in [0.717, 1.165) is 0 Å². The van der Waals surface area contributed by atoms with Crippen LogP contribution in [0.3, 0.4) is 0 Å². The van der Waals surface area contributed by atoms with E-state index in [-0.39, 0.29) is 6.10 Å². The molecule has 0 aliphatic heterocycles. The standard InChI is InChI=1S/C12H14O3/c1-3-7-10(2)14-15-12(13)11-8-5-4-6-9-11/h3-6,8-10H,1,7H2,2H3. The van der Waals surface area contributed by atoms with Crippen molar-refractivity contribution in [2.75, 3.05) is 0 Å². The van der Waals surface area contributed by atoms with Gasteiger partial charge in [-0.2, -0.15) is 4.89 Å². The van der Waals surface area contributed by atoms with Crippen LogP contribution in [0.15, 0.2) is 43.0 Å². The largest absolute Gasteiger partial charge is 0.373 e. The number of benzene rings is 1. The van der Waals surface area contributed by atoms with Crippen molar-refractivity contribution in [1.82, 2.24) is 0 Å². The molecule has 0 fully saturated rings. The Balaban J connectivity index is 2.40. The number of rotatable bonds is 5. The highest BCUT2D eigenvalue weighted by atomic mass is 17.2. The minimum absolute atomic E-state index is 0.171. The molecule has 0 bridgehead atoms. The third-order valence-corrected chi connectivity index (χ3v) is 1.80. The molecular weight excluding hydrogens is 192 g/mol. The van der Waals surface area contributed by atoms with Crippen molar-refractivity contribution < 1.29 is 14.6 Å². The zero-order valence-corrected chi connectivity index (χ0v) is 8.68. The average Bonchev–Trinajstić information content (AvgIpc) is 2.27. The van der Waals surface area contributed by atoms with Gasteiger partial charge in [-0.05, 0) is 25.5 Å². The van der Waals surface area contributed by atoms with E-state index in [1.165, 1.54) is 0 Å². The summed E-state index contributed by atoms with van der Waals surface area (Å²) in [5.41, 5.74) is 0.475. The molecule has 1 unspecified atom stereocenters. The quantitative estimate of drug-likeness (QED) is 0.422. The van der Waals surface area contributed by atoms with Crippen molar-refractivity contribution in [3.63, 3.8) is 0 Å². The minimum atomic E-state index is -0.480. The lowest BCUT2D eigenvalue weighted by Gasteiger charge is -2.08. The Morgan fingerprint density at radius 1 is 1.47 bits per heavy atom. The number of hydrogen-bond acceptors (Lipinski definition) is 3. The van der Waals surface area contributed by atoms with Crippen LogP contribution in [0.1, 0.15) is 23.7 Å². The Morgan fingerprint density at radius 3 is 2.73 bits per heavy atom. The van der Waals surface area contributed by atoms with E-state index < -0.39 is 5.97 Å². The third-order valence-electron chi connectivity index (χ3n) is 1.80. The highest BCUT2D eigenvalue weighted by molar-refractivity contribution is 5.88. The van der Waals surface area contributed by atoms with E-state index in [4.69, 9.17) is 4.89 Å². The van der Waals surface area contributed by atoms with E-state index in [0.29, 0.717) is 12.0 Å². The summed E-state index contributed by atoms with van der Waals surface area (Å²) in [4.78, 5) is 20.9. The van der Waals surface area contributed by atoms with Crippen LogP contribution in [-0.2, 0) is 9.78 Å². The fourth-order valence-corrected chi connectivity index (χ4v) is 1.02. The smallest absolute Gasteiger partial charge is 0.293 e. The third kappa shape index (κ3) is 3.95. The lowest BCUT2D eigenvalue weighted by Crippen LogP contribution is -2.12. The van der Waals surface area contributed by atoms with E-state index in [1.807, 2.05) is 6.07 Å². The SMILES string of the molecule is C=CCC(C)OOC(=O)c1ccccc1. The molecular formula is C12H14O3. The van der Waals surface area contributed by atoms with Gasteiger partial charge in [0.25, 0.3) is 0 Å². The Kier molecular flexibility index (Phi) is 4.57. The zero-order valence-electron chi connectivity index (χ0n) is 8.68. The van der Waals surface area contributed by atoms with Gasteiger partial charge in [0.15, 0.2) is 0 Å². The molecule has 0 saturated carbocycles. The van der Waals surface area contributed by atoms with Gasteiger partial charge in [0, 0.05) is 0 Å². The summed E-state index contributed by atoms with van der Waals surface area (Å²) >= 11 is 0. The summed E-state index contributed by atoms with van der Waals surface area (Å²) in [6.45, 7) is 5.37. The molecule has 0 amide bonds. The molecule has 0 radical (unpaired) electrons. The Hall–Kier alpha value is -1.61. The summed E-state index contributed by atoms with van der Waals surface area (Å²) in [6, 6.07) is 8.71. The van der Waals surface area contributed by atoms with Crippen LogP contribution in [-0.4, -0.2) is 12.1 Å². The molecule has 1 aromatic carbocycles. The summed E-state index contributed by atoms with van der Waals surface area (Å²) in [6.07, 6.45) is 2.18. The van der Waals surface area contributed by atoms with Crippen LogP contribution in [0.5, 0.6) is 0 Å². The first-order valence-electron chi connectivity index (χ1n) is 4.77. The second kappa shape index (κ2) is 5.98. The van der Waals surface area contributed by atoms with Gasteiger partial charge in [0.05, 0.1) is 5.56 Å². The van der Waals surface area contributed by atoms with E-state index >= 15 is 0 Å². The van der Waals surface area contributed by atoms with Gasteiger partial charge in [-0.1, -0.05) is 24.3 Å². The van der Waals surface area contributed by atoms with Crippen molar-refractivity contribution in [3.8, 4) is 0 Å². The maximum atomic E-state index is 11.4. The predicted octanol–water partition coefficient (Wildman–Crippen LogP) is 2.74. The van der Waals surface area contributed by atoms with E-state index in [2.05, 4.69) is 11.5 Å². The molecule has 80 valence electrons. The molecule has 3 nitrogen and oxygen atoms in total. The molecule has 0 N–H and O–H groups in total. The number of carbonyl (C=O) groups is 1. The predicted molar refractivity (Wildman–Crippen MR) is 57.2 cm³/mol. The molecule has 0 aromatic heterocycles. The van der Waals surface area contributed by atoms with Gasteiger partial charge < -0.3 is 0 Å². The van der Waals surface area contributed by atoms with Crippen LogP contribution < -0.4 is 0 Å². The van der Waals surface area contributed by atoms with Crippen LogP contribution in [0.25, 0.3) is 0 Å². The Labute approximate surface area is 89.2 Å². The van der Waals surface area contributed by atoms with Crippen LogP contribution >= 0.6 is 0 Å². The fourth-order valence-electron chi connectivity index (χ4n) is 1.02. The lowest BCUT2D eigenvalue weighted by molar-refractivity contribution is -0.269. The fraction of sp³-hybridized carbons (Fsp3) is 0.250. The normalized spacial score (nSPS) is 11.8. The second-order valence-electron chi connectivity index (χ2n) is 3.17. The van der Waals surface area contributed by atoms with Crippen molar-refractivity contribution in [2.45, 2.75) is 19.4 Å². The van der Waals surface area contributed by atoms with Crippen LogP contribution in [0.4, 0.5) is 0 Å². The topological polar surface area (TPSA) is 35.5 Å². The summed E-state index contributed by atoms with van der Waals surface area (Å²) < 4.78 is 0. The summed E-state index contributed by atoms with van der Waals surface area (Å²) in [5.74, 6) is -0.480. The van der Waals surface area contributed by atoms with Gasteiger partial charge in [-0.3, -0.25) is 4.89 Å². The van der Waals surface area contributed by atoms with Crippen molar-refractivity contribution >= 4 is 5.97 Å². The number of carbonyl (C=O) groups excluding carboxylic acids is 1. The van der Waals surface area contributed by atoms with Gasteiger partial charge in [0.2, 0.25) is 0 Å². The maximum absolute atomic E-state index is 11.4. The zero-order chi connectivity index (χ0) is 11.1. The highest BCUT2D eigenvalue weighted by Gasteiger charge is 2.09. The molecule has 3 heteroatoms. The molecule has 0 saturated heterocycles. The van der Waals surface area contributed by atoms with E-state index in [1.54, 1.807) is 37.3 Å². The van der Waals surface area contributed by atoms with Crippen molar-refractivity contribution in [3.05, 3.63) is 48.6 Å². The van der Waals surface area contributed by atoms with Gasteiger partial charge in [-0.15, -0.1) is 6.58 Å². The van der Waals surface area contributed by atoms with Crippen LogP contribution in [0, 0.1) is 0 Å². The summed E-state index contributed by atoms with van der Waals surface area (Å²) in [7, 11) is 0. The molecule has 1 rings (SSSR count). The monoisotopic (exact) mass is 206 g/mol. The molecule has 0 aliphatic carbocycles. The molecule has 0 aliphatic rings. The Bertz CT molecular complexity index is 319. The molecule has 1 aromatic rings.